The first-order chi connectivity index (χ1) is 10.2. The number of rotatable bonds is 11. The third kappa shape index (κ3) is 7.66. The fourth-order valence-electron chi connectivity index (χ4n) is 2.90. The molecule has 0 bridgehead atoms. The number of hydrogen-bond donors (Lipinski definition) is 1. The van der Waals surface area contributed by atoms with E-state index < -0.39 is 0 Å². The van der Waals surface area contributed by atoms with Gasteiger partial charge in [-0.3, -0.25) is 0 Å². The van der Waals surface area contributed by atoms with Crippen LogP contribution in [0.4, 0.5) is 0 Å². The van der Waals surface area contributed by atoms with Gasteiger partial charge in [-0.05, 0) is 32.3 Å². The number of nitrogens with one attached hydrogen (secondary N) is 1. The van der Waals surface area contributed by atoms with Crippen molar-refractivity contribution in [2.75, 3.05) is 0 Å². The van der Waals surface area contributed by atoms with Gasteiger partial charge in [-0.25, -0.2) is 0 Å². The molecule has 21 heavy (non-hydrogen) atoms. The van der Waals surface area contributed by atoms with Gasteiger partial charge in [0.1, 0.15) is 0 Å². The highest BCUT2D eigenvalue weighted by atomic mass is 14.9. The zero-order valence-electron chi connectivity index (χ0n) is 14.6. The van der Waals surface area contributed by atoms with Crippen molar-refractivity contribution in [2.45, 2.75) is 91.1 Å². The molecule has 1 atom stereocenters. The van der Waals surface area contributed by atoms with Gasteiger partial charge in [0.05, 0.1) is 0 Å². The van der Waals surface area contributed by atoms with Crippen molar-refractivity contribution < 1.29 is 0 Å². The topological polar surface area (TPSA) is 12.0 Å². The molecule has 0 aliphatic heterocycles. The van der Waals surface area contributed by atoms with Gasteiger partial charge in [0, 0.05) is 12.1 Å². The maximum absolute atomic E-state index is 3.87. The van der Waals surface area contributed by atoms with E-state index in [2.05, 4.69) is 57.3 Å². The summed E-state index contributed by atoms with van der Waals surface area (Å²) in [4.78, 5) is 0. The lowest BCUT2D eigenvalue weighted by molar-refractivity contribution is 0.384. The van der Waals surface area contributed by atoms with Crippen LogP contribution in [0.3, 0.4) is 0 Å². The monoisotopic (exact) mass is 289 g/mol. The third-order valence-electron chi connectivity index (χ3n) is 4.38. The molecular formula is C20H35N. The highest BCUT2D eigenvalue weighted by Crippen LogP contribution is 2.18. The molecule has 0 radical (unpaired) electrons. The Morgan fingerprint density at radius 2 is 1.38 bits per heavy atom. The Morgan fingerprint density at radius 1 is 0.857 bits per heavy atom. The van der Waals surface area contributed by atoms with E-state index in [1.165, 1.54) is 62.5 Å². The highest BCUT2D eigenvalue weighted by molar-refractivity contribution is 5.23. The molecule has 0 heterocycles. The minimum absolute atomic E-state index is 0.457. The van der Waals surface area contributed by atoms with Gasteiger partial charge >= 0.3 is 0 Å². The van der Waals surface area contributed by atoms with Crippen molar-refractivity contribution in [3.05, 3.63) is 35.4 Å². The zero-order valence-corrected chi connectivity index (χ0v) is 14.6. The predicted octanol–water partition coefficient (Wildman–Crippen LogP) is 6.17. The van der Waals surface area contributed by atoms with Crippen LogP contribution in [0.2, 0.25) is 0 Å². The summed E-state index contributed by atoms with van der Waals surface area (Å²) in [5, 5.41) is 3.87. The van der Waals surface area contributed by atoms with Gasteiger partial charge in [-0.2, -0.15) is 0 Å². The van der Waals surface area contributed by atoms with Crippen molar-refractivity contribution in [3.63, 3.8) is 0 Å². The molecule has 1 unspecified atom stereocenters. The molecule has 0 saturated heterocycles. The molecule has 0 fully saturated rings. The molecule has 1 aromatic rings. The van der Waals surface area contributed by atoms with Crippen molar-refractivity contribution in [1.82, 2.24) is 5.32 Å². The SMILES string of the molecule is CCCCCC(CCCCC)NC(C)c1ccc(C)cc1. The molecule has 1 heteroatoms. The van der Waals surface area contributed by atoms with Crippen LogP contribution >= 0.6 is 0 Å². The number of unbranched alkanes of at least 4 members (excludes halogenated alkanes) is 4. The molecule has 1 aromatic carbocycles. The smallest absolute Gasteiger partial charge is 0.0294 e. The van der Waals surface area contributed by atoms with E-state index in [0.717, 1.165) is 0 Å². The van der Waals surface area contributed by atoms with Crippen LogP contribution < -0.4 is 5.32 Å². The van der Waals surface area contributed by atoms with Crippen LogP contribution in [-0.2, 0) is 0 Å². The van der Waals surface area contributed by atoms with Crippen molar-refractivity contribution in [3.8, 4) is 0 Å². The van der Waals surface area contributed by atoms with Crippen molar-refractivity contribution in [1.29, 1.82) is 0 Å². The zero-order chi connectivity index (χ0) is 15.5. The second-order valence-electron chi connectivity index (χ2n) is 6.49. The molecule has 1 N–H and O–H groups in total. The second kappa shape index (κ2) is 10.8. The maximum atomic E-state index is 3.87. The Morgan fingerprint density at radius 3 is 1.86 bits per heavy atom. The lowest BCUT2D eigenvalue weighted by Gasteiger charge is -2.24. The van der Waals surface area contributed by atoms with E-state index in [-0.39, 0.29) is 0 Å². The molecule has 120 valence electrons. The van der Waals surface area contributed by atoms with E-state index >= 15 is 0 Å². The lowest BCUT2D eigenvalue weighted by Crippen LogP contribution is -2.31. The largest absolute Gasteiger partial charge is 0.307 e. The molecule has 0 saturated carbocycles. The number of aryl methyl sites for hydroxylation is 1. The fourth-order valence-corrected chi connectivity index (χ4v) is 2.90. The first-order valence-electron chi connectivity index (χ1n) is 9.00. The predicted molar refractivity (Wildman–Crippen MR) is 94.8 cm³/mol. The summed E-state index contributed by atoms with van der Waals surface area (Å²) in [6.45, 7) is 9.03. The quantitative estimate of drug-likeness (QED) is 0.480. The van der Waals surface area contributed by atoms with Crippen LogP contribution in [0.5, 0.6) is 0 Å². The molecule has 0 aliphatic rings. The summed E-state index contributed by atoms with van der Waals surface area (Å²) in [5.41, 5.74) is 2.75. The van der Waals surface area contributed by atoms with Gasteiger partial charge in [-0.1, -0.05) is 82.2 Å². The Balaban J connectivity index is 2.49. The Labute approximate surface area is 132 Å². The summed E-state index contributed by atoms with van der Waals surface area (Å²) in [6, 6.07) is 10.1. The highest BCUT2D eigenvalue weighted by Gasteiger charge is 2.13. The molecule has 0 aromatic heterocycles. The van der Waals surface area contributed by atoms with Gasteiger partial charge in [-0.15, -0.1) is 0 Å². The molecule has 1 rings (SSSR count). The average molecular weight is 290 g/mol. The summed E-state index contributed by atoms with van der Waals surface area (Å²) in [7, 11) is 0. The molecule has 0 spiro atoms. The first kappa shape index (κ1) is 18.2. The van der Waals surface area contributed by atoms with Crippen molar-refractivity contribution >= 4 is 0 Å². The summed E-state index contributed by atoms with van der Waals surface area (Å²) >= 11 is 0. The summed E-state index contributed by atoms with van der Waals surface area (Å²) in [6.07, 6.45) is 10.7. The number of benzene rings is 1. The number of hydrogen-bond acceptors (Lipinski definition) is 1. The third-order valence-corrected chi connectivity index (χ3v) is 4.38. The van der Waals surface area contributed by atoms with Gasteiger partial charge in [0.15, 0.2) is 0 Å². The summed E-state index contributed by atoms with van der Waals surface area (Å²) < 4.78 is 0. The minimum Gasteiger partial charge on any atom is -0.307 e. The van der Waals surface area contributed by atoms with Crippen molar-refractivity contribution in [2.24, 2.45) is 0 Å². The Hall–Kier alpha value is -0.820. The first-order valence-corrected chi connectivity index (χ1v) is 9.00. The Kier molecular flexibility index (Phi) is 9.41. The summed E-state index contributed by atoms with van der Waals surface area (Å²) in [5.74, 6) is 0. The standard InChI is InChI=1S/C20H35N/c1-5-7-9-11-20(12-10-8-6-2)21-18(4)19-15-13-17(3)14-16-19/h13-16,18,20-21H,5-12H2,1-4H3. The minimum atomic E-state index is 0.457. The van der Waals surface area contributed by atoms with E-state index in [9.17, 15) is 0 Å². The molecule has 1 nitrogen and oxygen atoms in total. The molecular weight excluding hydrogens is 254 g/mol. The van der Waals surface area contributed by atoms with E-state index in [1.54, 1.807) is 0 Å². The van der Waals surface area contributed by atoms with Crippen LogP contribution in [0, 0.1) is 6.92 Å². The van der Waals surface area contributed by atoms with E-state index in [0.29, 0.717) is 12.1 Å². The lowest BCUT2D eigenvalue weighted by atomic mass is 9.99. The van der Waals surface area contributed by atoms with Crippen LogP contribution in [0.25, 0.3) is 0 Å². The van der Waals surface area contributed by atoms with Crippen LogP contribution in [-0.4, -0.2) is 6.04 Å². The van der Waals surface area contributed by atoms with Crippen LogP contribution in [0.15, 0.2) is 24.3 Å². The average Bonchev–Trinajstić information content (AvgIpc) is 2.48. The molecule has 0 aliphatic carbocycles. The van der Waals surface area contributed by atoms with Gasteiger partial charge in [0.2, 0.25) is 0 Å². The van der Waals surface area contributed by atoms with E-state index in [1.807, 2.05) is 0 Å². The Bertz CT molecular complexity index is 345. The van der Waals surface area contributed by atoms with Crippen LogP contribution in [0.1, 0.15) is 89.3 Å². The fraction of sp³-hybridized carbons (Fsp3) is 0.700. The second-order valence-corrected chi connectivity index (χ2v) is 6.49. The maximum Gasteiger partial charge on any atom is 0.0294 e. The van der Waals surface area contributed by atoms with Gasteiger partial charge < -0.3 is 5.32 Å². The van der Waals surface area contributed by atoms with Gasteiger partial charge in [0.25, 0.3) is 0 Å². The van der Waals surface area contributed by atoms with E-state index in [4.69, 9.17) is 0 Å². The normalized spacial score (nSPS) is 12.8. The molecule has 0 amide bonds.